The Bertz CT molecular complexity index is 1600. The van der Waals surface area contributed by atoms with E-state index < -0.39 is 16.1 Å². The number of fused-ring (bicyclic) bond motifs is 1. The molecule has 0 saturated carbocycles. The summed E-state index contributed by atoms with van der Waals surface area (Å²) in [7, 11) is -0.523. The molecular weight excluding hydrogens is 606 g/mol. The van der Waals surface area contributed by atoms with Gasteiger partial charge in [-0.05, 0) is 79.2 Å². The number of sulfonamides is 1. The number of azide groups is 1. The summed E-state index contributed by atoms with van der Waals surface area (Å²) in [5.74, 6) is 1.49. The topological polar surface area (TPSA) is 126 Å². The molecule has 0 bridgehead atoms. The van der Waals surface area contributed by atoms with Gasteiger partial charge in [0.15, 0.2) is 0 Å². The van der Waals surface area contributed by atoms with Crippen LogP contribution >= 0.6 is 0 Å². The van der Waals surface area contributed by atoms with E-state index in [-0.39, 0.29) is 29.9 Å². The van der Waals surface area contributed by atoms with Gasteiger partial charge in [-0.25, -0.2) is 8.42 Å². The quantitative estimate of drug-likeness (QED) is 0.0898. The third kappa shape index (κ3) is 7.94. The predicted octanol–water partition coefficient (Wildman–Crippen LogP) is 6.07. The number of hydrogen-bond acceptors (Lipinski definition) is 8. The van der Waals surface area contributed by atoms with Crippen LogP contribution in [0, 0.1) is 6.92 Å². The summed E-state index contributed by atoms with van der Waals surface area (Å²) in [6.45, 7) is 5.56. The van der Waals surface area contributed by atoms with Crippen molar-refractivity contribution in [2.75, 3.05) is 58.5 Å². The van der Waals surface area contributed by atoms with Crippen molar-refractivity contribution in [3.63, 3.8) is 0 Å². The Labute approximate surface area is 271 Å². The second-order valence-electron chi connectivity index (χ2n) is 11.7. The smallest absolute Gasteiger partial charge is 0.243 e. The first kappa shape index (κ1) is 33.6. The first-order valence-electron chi connectivity index (χ1n) is 15.7. The van der Waals surface area contributed by atoms with E-state index in [1.165, 1.54) is 0 Å². The molecule has 12 heteroatoms. The highest BCUT2D eigenvalue weighted by atomic mass is 32.2. The van der Waals surface area contributed by atoms with Gasteiger partial charge in [-0.3, -0.25) is 0 Å². The maximum atomic E-state index is 14.1. The van der Waals surface area contributed by atoms with Crippen molar-refractivity contribution in [1.29, 1.82) is 0 Å². The lowest BCUT2D eigenvalue weighted by Gasteiger charge is -2.43. The van der Waals surface area contributed by atoms with Gasteiger partial charge in [0.1, 0.15) is 18.1 Å². The van der Waals surface area contributed by atoms with Crippen LogP contribution in [-0.2, 0) is 26.1 Å². The van der Waals surface area contributed by atoms with E-state index in [1.807, 2.05) is 43.3 Å². The molecular formula is C34H43N5O6S. The van der Waals surface area contributed by atoms with Crippen molar-refractivity contribution in [2.45, 2.75) is 55.8 Å². The number of benzene rings is 3. The predicted molar refractivity (Wildman–Crippen MR) is 177 cm³/mol. The molecule has 0 N–H and O–H groups in total. The van der Waals surface area contributed by atoms with Gasteiger partial charge in [0.05, 0.1) is 36.9 Å². The van der Waals surface area contributed by atoms with Crippen LogP contribution in [0.15, 0.2) is 76.7 Å². The second kappa shape index (κ2) is 15.7. The van der Waals surface area contributed by atoms with Gasteiger partial charge in [0.25, 0.3) is 0 Å². The number of hydrogen-bond donors (Lipinski definition) is 0. The molecule has 2 heterocycles. The Morgan fingerprint density at radius 3 is 2.57 bits per heavy atom. The Morgan fingerprint density at radius 2 is 1.85 bits per heavy atom. The molecule has 5 rings (SSSR count). The summed E-state index contributed by atoms with van der Waals surface area (Å²) in [6, 6.07) is 20.5. The molecule has 2 aliphatic rings. The second-order valence-corrected chi connectivity index (χ2v) is 13.6. The summed E-state index contributed by atoms with van der Waals surface area (Å²) in [5, 5.41) is 3.74. The summed E-state index contributed by atoms with van der Waals surface area (Å²) in [5.41, 5.74) is 13.0. The average Bonchev–Trinajstić information content (AvgIpc) is 3.08. The van der Waals surface area contributed by atoms with Gasteiger partial charge in [-0.2, -0.15) is 4.31 Å². The van der Waals surface area contributed by atoms with Gasteiger partial charge >= 0.3 is 0 Å². The molecule has 246 valence electrons. The third-order valence-corrected chi connectivity index (χ3v) is 10.7. The van der Waals surface area contributed by atoms with E-state index in [4.69, 9.17) is 24.5 Å². The highest BCUT2D eigenvalue weighted by Crippen LogP contribution is 2.39. The number of rotatable bonds is 14. The van der Waals surface area contributed by atoms with Gasteiger partial charge < -0.3 is 23.8 Å². The van der Waals surface area contributed by atoms with E-state index in [0.29, 0.717) is 32.7 Å². The van der Waals surface area contributed by atoms with Crippen LogP contribution in [0.25, 0.3) is 10.4 Å². The first-order valence-corrected chi connectivity index (χ1v) is 17.1. The van der Waals surface area contributed by atoms with Crippen LogP contribution in [0.1, 0.15) is 41.9 Å². The fraction of sp³-hybridized carbons (Fsp3) is 0.471. The summed E-state index contributed by atoms with van der Waals surface area (Å²) >= 11 is 0. The molecule has 1 saturated heterocycles. The van der Waals surface area contributed by atoms with Gasteiger partial charge in [-0.1, -0.05) is 41.0 Å². The number of ether oxygens (including phenoxy) is 4. The van der Waals surface area contributed by atoms with Crippen molar-refractivity contribution in [3.8, 4) is 11.5 Å². The van der Waals surface area contributed by atoms with E-state index >= 15 is 0 Å². The van der Waals surface area contributed by atoms with Crippen LogP contribution in [-0.4, -0.2) is 78.5 Å². The SMILES string of the molecule is COCCCN1CCOc2ccc(CO[C@H]3CN(S(=O)(=O)c4ccc(C)cc4)[C@@H](CCN=[N+]=[N-])C[C@@H]3c3ccc(OC)cc3)cc21. The van der Waals surface area contributed by atoms with E-state index in [2.05, 4.69) is 21.0 Å². The third-order valence-electron chi connectivity index (χ3n) is 8.76. The fourth-order valence-electron chi connectivity index (χ4n) is 6.28. The van der Waals surface area contributed by atoms with Crippen molar-refractivity contribution >= 4 is 15.7 Å². The molecule has 3 aromatic rings. The zero-order valence-corrected chi connectivity index (χ0v) is 27.6. The minimum absolute atomic E-state index is 0.0991. The number of nitrogens with zero attached hydrogens (tertiary/aromatic N) is 5. The lowest BCUT2D eigenvalue weighted by atomic mass is 9.83. The van der Waals surface area contributed by atoms with Gasteiger partial charge in [-0.15, -0.1) is 0 Å². The standard InChI is InChI=1S/C34H43N5O6S/c1-25-5-12-30(13-6-25)46(40,41)39-23-34(31(22-28(39)15-16-36-37-35)27-8-10-29(43-3)11-9-27)45-24-26-7-14-33-32(21-26)38(18-20-44-33)17-4-19-42-2/h5-14,21,28,31,34H,4,15-20,22-24H2,1-3H3/t28-,31+,34-/m0/s1. The fourth-order valence-corrected chi connectivity index (χ4v) is 7.96. The Hall–Kier alpha value is -3.80. The number of piperidine rings is 1. The molecule has 11 nitrogen and oxygen atoms in total. The van der Waals surface area contributed by atoms with E-state index in [1.54, 1.807) is 42.8 Å². The van der Waals surface area contributed by atoms with Crippen molar-refractivity contribution in [2.24, 2.45) is 5.11 Å². The van der Waals surface area contributed by atoms with Gasteiger partial charge in [0, 0.05) is 50.2 Å². The highest BCUT2D eigenvalue weighted by Gasteiger charge is 2.42. The molecule has 3 aromatic carbocycles. The maximum absolute atomic E-state index is 14.1. The van der Waals surface area contributed by atoms with E-state index in [0.717, 1.165) is 53.4 Å². The van der Waals surface area contributed by atoms with Crippen molar-refractivity contribution < 1.29 is 27.4 Å². The molecule has 0 radical (unpaired) electrons. The summed E-state index contributed by atoms with van der Waals surface area (Å²) < 4.78 is 53.0. The van der Waals surface area contributed by atoms with Crippen LogP contribution in [0.2, 0.25) is 0 Å². The minimum atomic E-state index is -3.86. The number of aryl methyl sites for hydroxylation is 1. The van der Waals surface area contributed by atoms with Crippen molar-refractivity contribution in [3.05, 3.63) is 93.9 Å². The number of methoxy groups -OCH3 is 2. The lowest BCUT2D eigenvalue weighted by Crippen LogP contribution is -2.52. The molecule has 0 unspecified atom stereocenters. The molecule has 0 aromatic heterocycles. The maximum Gasteiger partial charge on any atom is 0.243 e. The molecule has 0 amide bonds. The van der Waals surface area contributed by atoms with Gasteiger partial charge in [0.2, 0.25) is 10.0 Å². The largest absolute Gasteiger partial charge is 0.497 e. The molecule has 0 spiro atoms. The van der Waals surface area contributed by atoms with Crippen molar-refractivity contribution in [1.82, 2.24) is 4.31 Å². The molecule has 2 aliphatic heterocycles. The molecule has 3 atom stereocenters. The number of anilines is 1. The Morgan fingerprint density at radius 1 is 1.07 bits per heavy atom. The monoisotopic (exact) mass is 649 g/mol. The zero-order chi connectivity index (χ0) is 32.5. The highest BCUT2D eigenvalue weighted by molar-refractivity contribution is 7.89. The Balaban J connectivity index is 1.44. The molecule has 0 aliphatic carbocycles. The summed E-state index contributed by atoms with van der Waals surface area (Å²) in [6.07, 6.45) is 1.38. The summed E-state index contributed by atoms with van der Waals surface area (Å²) in [4.78, 5) is 5.45. The first-order chi connectivity index (χ1) is 22.3. The lowest BCUT2D eigenvalue weighted by molar-refractivity contribution is -0.0205. The van der Waals surface area contributed by atoms with Crippen LogP contribution in [0.3, 0.4) is 0 Å². The average molecular weight is 650 g/mol. The normalized spacial score (nSPS) is 20.0. The van der Waals surface area contributed by atoms with E-state index in [9.17, 15) is 8.42 Å². The van der Waals surface area contributed by atoms with Crippen LogP contribution in [0.5, 0.6) is 11.5 Å². The molecule has 46 heavy (non-hydrogen) atoms. The minimum Gasteiger partial charge on any atom is -0.497 e. The van der Waals surface area contributed by atoms with Crippen LogP contribution in [0.4, 0.5) is 5.69 Å². The Kier molecular flexibility index (Phi) is 11.4. The molecule has 1 fully saturated rings. The van der Waals surface area contributed by atoms with Crippen LogP contribution < -0.4 is 14.4 Å². The zero-order valence-electron chi connectivity index (χ0n) is 26.7.